The van der Waals surface area contributed by atoms with Gasteiger partial charge in [-0.1, -0.05) is 35.9 Å². The maximum atomic E-state index is 13.0. The van der Waals surface area contributed by atoms with E-state index in [4.69, 9.17) is 4.74 Å². The van der Waals surface area contributed by atoms with Crippen LogP contribution < -0.4 is 4.74 Å². The smallest absolute Gasteiger partial charge is 0.295 e. The summed E-state index contributed by atoms with van der Waals surface area (Å²) in [7, 11) is 5.31. The van der Waals surface area contributed by atoms with Crippen LogP contribution in [0.25, 0.3) is 5.76 Å². The Bertz CT molecular complexity index is 1010. The molecule has 3 rings (SSSR count). The fourth-order valence-electron chi connectivity index (χ4n) is 3.76. The maximum absolute atomic E-state index is 13.0. The lowest BCUT2D eigenvalue weighted by Gasteiger charge is -2.26. The van der Waals surface area contributed by atoms with E-state index in [2.05, 4.69) is 0 Å². The standard InChI is InChI=1S/C24H28N2O5/c1-15-6-8-16(9-7-15)22(28)20-21(17-10-11-19(31-4)18(27)14-17)26(24(30)23(20)29)13-5-12-25(2)3/h6-11,14,21,27-28H,5,12-13H2,1-4H3/b22-20-. The van der Waals surface area contributed by atoms with Crippen LogP contribution in [0, 0.1) is 6.92 Å². The highest BCUT2D eigenvalue weighted by atomic mass is 16.5. The first-order chi connectivity index (χ1) is 14.7. The first kappa shape index (κ1) is 22.4. The van der Waals surface area contributed by atoms with Crippen molar-refractivity contribution in [3.05, 3.63) is 64.7 Å². The number of Topliss-reactive ketones (excluding diaryl/α,β-unsaturated/α-hetero) is 1. The van der Waals surface area contributed by atoms with Crippen molar-refractivity contribution < 1.29 is 24.5 Å². The van der Waals surface area contributed by atoms with Gasteiger partial charge in [-0.15, -0.1) is 0 Å². The fraction of sp³-hybridized carbons (Fsp3) is 0.333. The molecule has 1 aliphatic rings. The number of aromatic hydroxyl groups is 1. The molecule has 1 atom stereocenters. The lowest BCUT2D eigenvalue weighted by Crippen LogP contribution is -2.32. The predicted molar refractivity (Wildman–Crippen MR) is 118 cm³/mol. The Kier molecular flexibility index (Phi) is 6.65. The zero-order chi connectivity index (χ0) is 22.7. The summed E-state index contributed by atoms with van der Waals surface area (Å²) in [5.41, 5.74) is 2.01. The summed E-state index contributed by atoms with van der Waals surface area (Å²) in [5, 5.41) is 21.3. The third-order valence-electron chi connectivity index (χ3n) is 5.39. The molecule has 1 fully saturated rings. The van der Waals surface area contributed by atoms with Crippen molar-refractivity contribution in [2.24, 2.45) is 0 Å². The van der Waals surface area contributed by atoms with E-state index < -0.39 is 17.7 Å². The largest absolute Gasteiger partial charge is 0.507 e. The summed E-state index contributed by atoms with van der Waals surface area (Å²) in [6.45, 7) is 3.00. The average molecular weight is 424 g/mol. The van der Waals surface area contributed by atoms with Crippen LogP contribution in [0.4, 0.5) is 0 Å². The number of phenolic OH excluding ortho intramolecular Hbond substituents is 1. The van der Waals surface area contributed by atoms with Gasteiger partial charge in [-0.05, 0) is 51.7 Å². The molecule has 0 aromatic heterocycles. The maximum Gasteiger partial charge on any atom is 0.295 e. The van der Waals surface area contributed by atoms with Crippen LogP contribution in [0.3, 0.4) is 0 Å². The number of methoxy groups -OCH3 is 1. The minimum Gasteiger partial charge on any atom is -0.507 e. The Balaban J connectivity index is 2.11. The molecule has 1 aliphatic heterocycles. The van der Waals surface area contributed by atoms with E-state index >= 15 is 0 Å². The number of amides is 1. The third-order valence-corrected chi connectivity index (χ3v) is 5.39. The molecule has 0 radical (unpaired) electrons. The summed E-state index contributed by atoms with van der Waals surface area (Å²) in [5.74, 6) is -1.44. The lowest BCUT2D eigenvalue weighted by molar-refractivity contribution is -0.139. The van der Waals surface area contributed by atoms with Gasteiger partial charge in [0, 0.05) is 12.1 Å². The van der Waals surface area contributed by atoms with E-state index in [-0.39, 0.29) is 22.8 Å². The number of aryl methyl sites for hydroxylation is 1. The third kappa shape index (κ3) is 4.56. The van der Waals surface area contributed by atoms with Gasteiger partial charge in [0.2, 0.25) is 0 Å². The predicted octanol–water partition coefficient (Wildman–Crippen LogP) is 3.08. The Labute approximate surface area is 182 Å². The second-order valence-corrected chi connectivity index (χ2v) is 7.95. The Morgan fingerprint density at radius 1 is 1.13 bits per heavy atom. The van der Waals surface area contributed by atoms with Gasteiger partial charge in [0.15, 0.2) is 11.5 Å². The Morgan fingerprint density at radius 2 is 1.81 bits per heavy atom. The van der Waals surface area contributed by atoms with Gasteiger partial charge in [-0.3, -0.25) is 9.59 Å². The Hall–Kier alpha value is -3.32. The van der Waals surface area contributed by atoms with Gasteiger partial charge in [0.25, 0.3) is 11.7 Å². The molecule has 2 aromatic carbocycles. The summed E-state index contributed by atoms with van der Waals surface area (Å²) in [4.78, 5) is 29.3. The first-order valence-corrected chi connectivity index (χ1v) is 10.1. The van der Waals surface area contributed by atoms with Crippen LogP contribution in [0.1, 0.15) is 29.2 Å². The molecular formula is C24H28N2O5. The second kappa shape index (κ2) is 9.22. The molecule has 1 amide bonds. The molecule has 31 heavy (non-hydrogen) atoms. The van der Waals surface area contributed by atoms with E-state index in [9.17, 15) is 19.8 Å². The molecule has 1 heterocycles. The van der Waals surface area contributed by atoms with Gasteiger partial charge < -0.3 is 24.7 Å². The molecule has 0 saturated carbocycles. The van der Waals surface area contributed by atoms with E-state index in [1.165, 1.54) is 18.1 Å². The van der Waals surface area contributed by atoms with Gasteiger partial charge in [0.05, 0.1) is 18.7 Å². The molecule has 2 aromatic rings. The average Bonchev–Trinajstić information content (AvgIpc) is 2.98. The normalized spacial score (nSPS) is 18.1. The summed E-state index contributed by atoms with van der Waals surface area (Å²) in [6, 6.07) is 11.0. The number of carbonyl (C=O) groups excluding carboxylic acids is 2. The van der Waals surface area contributed by atoms with Crippen LogP contribution in [0.5, 0.6) is 11.5 Å². The van der Waals surface area contributed by atoms with E-state index in [1.807, 2.05) is 38.1 Å². The van der Waals surface area contributed by atoms with E-state index in [0.29, 0.717) is 24.1 Å². The molecule has 1 unspecified atom stereocenters. The number of hydrogen-bond donors (Lipinski definition) is 2. The molecule has 1 saturated heterocycles. The van der Waals surface area contributed by atoms with Crippen molar-refractivity contribution in [1.29, 1.82) is 0 Å². The first-order valence-electron chi connectivity index (χ1n) is 10.1. The number of nitrogens with zero attached hydrogens (tertiary/aromatic N) is 2. The molecule has 164 valence electrons. The number of benzene rings is 2. The lowest BCUT2D eigenvalue weighted by atomic mass is 9.94. The molecule has 7 nitrogen and oxygen atoms in total. The quantitative estimate of drug-likeness (QED) is 0.403. The van der Waals surface area contributed by atoms with Crippen molar-refractivity contribution in [2.45, 2.75) is 19.4 Å². The topological polar surface area (TPSA) is 90.3 Å². The van der Waals surface area contributed by atoms with Gasteiger partial charge in [-0.2, -0.15) is 0 Å². The number of aliphatic hydroxyl groups is 1. The number of carbonyl (C=O) groups is 2. The van der Waals surface area contributed by atoms with Gasteiger partial charge in [0.1, 0.15) is 5.76 Å². The number of aliphatic hydroxyl groups excluding tert-OH is 1. The highest BCUT2D eigenvalue weighted by Gasteiger charge is 2.46. The monoisotopic (exact) mass is 424 g/mol. The zero-order valence-electron chi connectivity index (χ0n) is 18.3. The van der Waals surface area contributed by atoms with Crippen LogP contribution in [0.15, 0.2) is 48.0 Å². The number of ether oxygens (including phenoxy) is 1. The number of rotatable bonds is 7. The van der Waals surface area contributed by atoms with Crippen molar-refractivity contribution in [1.82, 2.24) is 9.80 Å². The minimum absolute atomic E-state index is 0.0169. The molecule has 2 N–H and O–H groups in total. The highest BCUT2D eigenvalue weighted by molar-refractivity contribution is 6.46. The van der Waals surface area contributed by atoms with Gasteiger partial charge in [-0.25, -0.2) is 0 Å². The van der Waals surface area contributed by atoms with Crippen molar-refractivity contribution in [2.75, 3.05) is 34.3 Å². The zero-order valence-corrected chi connectivity index (χ0v) is 18.3. The summed E-state index contributed by atoms with van der Waals surface area (Å²) >= 11 is 0. The van der Waals surface area contributed by atoms with Crippen molar-refractivity contribution in [3.8, 4) is 11.5 Å². The Morgan fingerprint density at radius 3 is 2.39 bits per heavy atom. The minimum atomic E-state index is -0.805. The van der Waals surface area contributed by atoms with Crippen LogP contribution >= 0.6 is 0 Å². The van der Waals surface area contributed by atoms with Crippen molar-refractivity contribution in [3.63, 3.8) is 0 Å². The number of ketones is 1. The highest BCUT2D eigenvalue weighted by Crippen LogP contribution is 2.41. The molecule has 7 heteroatoms. The number of likely N-dealkylation sites (tertiary alicyclic amines) is 1. The molecule has 0 spiro atoms. The second-order valence-electron chi connectivity index (χ2n) is 7.95. The number of hydrogen-bond acceptors (Lipinski definition) is 6. The fourth-order valence-corrected chi connectivity index (χ4v) is 3.76. The SMILES string of the molecule is COc1ccc(C2/C(=C(/O)c3ccc(C)cc3)C(=O)C(=O)N2CCCN(C)C)cc1O. The number of phenols is 1. The molecular weight excluding hydrogens is 396 g/mol. The molecule has 0 bridgehead atoms. The summed E-state index contributed by atoms with van der Waals surface area (Å²) in [6.07, 6.45) is 0.656. The summed E-state index contributed by atoms with van der Waals surface area (Å²) < 4.78 is 5.11. The van der Waals surface area contributed by atoms with E-state index in [0.717, 1.165) is 12.1 Å². The van der Waals surface area contributed by atoms with Gasteiger partial charge >= 0.3 is 0 Å². The van der Waals surface area contributed by atoms with Crippen LogP contribution in [-0.2, 0) is 9.59 Å². The van der Waals surface area contributed by atoms with E-state index in [1.54, 1.807) is 24.3 Å². The van der Waals surface area contributed by atoms with Crippen molar-refractivity contribution >= 4 is 17.4 Å². The van der Waals surface area contributed by atoms with Crippen LogP contribution in [0.2, 0.25) is 0 Å². The van der Waals surface area contributed by atoms with Crippen LogP contribution in [-0.4, -0.2) is 66.0 Å². The molecule has 0 aliphatic carbocycles.